The Labute approximate surface area is 134 Å². The molecule has 0 unspecified atom stereocenters. The highest BCUT2D eigenvalue weighted by molar-refractivity contribution is 7.99. The molecule has 0 bridgehead atoms. The third-order valence-corrected chi connectivity index (χ3v) is 4.73. The van der Waals surface area contributed by atoms with Crippen LogP contribution in [0.1, 0.15) is 22.8 Å². The summed E-state index contributed by atoms with van der Waals surface area (Å²) in [7, 11) is 0. The maximum Gasteiger partial charge on any atom is 0.416 e. The fourth-order valence-electron chi connectivity index (χ4n) is 2.61. The van der Waals surface area contributed by atoms with Crippen LogP contribution in [0.2, 0.25) is 0 Å². The summed E-state index contributed by atoms with van der Waals surface area (Å²) >= 11 is 1.28. The minimum Gasteiger partial charge on any atom is -0.478 e. The Bertz CT molecular complexity index is 789. The predicted molar refractivity (Wildman–Crippen MR) is 81.6 cm³/mol. The van der Waals surface area contributed by atoms with Gasteiger partial charge in [-0.05, 0) is 37.3 Å². The van der Waals surface area contributed by atoms with Gasteiger partial charge >= 0.3 is 12.1 Å². The molecule has 3 rings (SSSR count). The lowest BCUT2D eigenvalue weighted by atomic mass is 10.1. The van der Waals surface area contributed by atoms with Gasteiger partial charge < -0.3 is 10.0 Å². The van der Waals surface area contributed by atoms with Gasteiger partial charge in [-0.1, -0.05) is 17.8 Å². The molecule has 3 nitrogen and oxygen atoms in total. The first kappa shape index (κ1) is 15.7. The predicted octanol–water partition coefficient (Wildman–Crippen LogP) is 5.03. The highest BCUT2D eigenvalue weighted by atomic mass is 32.2. The number of alkyl halides is 3. The first-order valence-corrected chi connectivity index (χ1v) is 7.67. The molecule has 23 heavy (non-hydrogen) atoms. The largest absolute Gasteiger partial charge is 0.478 e. The number of halogens is 3. The van der Waals surface area contributed by atoms with Crippen LogP contribution in [0.3, 0.4) is 0 Å². The van der Waals surface area contributed by atoms with Crippen LogP contribution in [0.5, 0.6) is 0 Å². The van der Waals surface area contributed by atoms with Crippen LogP contribution in [0.4, 0.5) is 24.5 Å². The average molecular weight is 339 g/mol. The van der Waals surface area contributed by atoms with Gasteiger partial charge in [0.15, 0.2) is 0 Å². The number of carbonyl (C=O) groups is 1. The van der Waals surface area contributed by atoms with E-state index >= 15 is 0 Å². The summed E-state index contributed by atoms with van der Waals surface area (Å²) in [6.07, 6.45) is -4.44. The maximum atomic E-state index is 13.0. The molecule has 0 spiro atoms. The van der Waals surface area contributed by atoms with Crippen molar-refractivity contribution in [3.8, 4) is 0 Å². The summed E-state index contributed by atoms with van der Waals surface area (Å²) in [5.74, 6) is -1.10. The number of fused-ring (bicyclic) bond motifs is 2. The highest BCUT2D eigenvalue weighted by Crippen LogP contribution is 2.50. The van der Waals surface area contributed by atoms with Gasteiger partial charge in [0.25, 0.3) is 0 Å². The van der Waals surface area contributed by atoms with E-state index in [-0.39, 0.29) is 5.56 Å². The second kappa shape index (κ2) is 5.49. The van der Waals surface area contributed by atoms with Gasteiger partial charge in [-0.3, -0.25) is 0 Å². The van der Waals surface area contributed by atoms with Crippen molar-refractivity contribution < 1.29 is 23.1 Å². The number of hydrogen-bond acceptors (Lipinski definition) is 3. The van der Waals surface area contributed by atoms with Crippen LogP contribution in [-0.2, 0) is 6.18 Å². The van der Waals surface area contributed by atoms with Crippen molar-refractivity contribution in [3.05, 3.63) is 47.5 Å². The third kappa shape index (κ3) is 2.65. The molecule has 1 aliphatic heterocycles. The third-order valence-electron chi connectivity index (χ3n) is 3.61. The lowest BCUT2D eigenvalue weighted by Gasteiger charge is -2.33. The SMILES string of the molecule is CCN1c2cc(C(F)(F)F)ccc2Sc2cccc(C(=O)O)c21. The molecule has 0 aliphatic carbocycles. The normalized spacial score (nSPS) is 13.5. The molecule has 0 amide bonds. The van der Waals surface area contributed by atoms with E-state index in [4.69, 9.17) is 0 Å². The summed E-state index contributed by atoms with van der Waals surface area (Å²) in [5, 5.41) is 9.37. The lowest BCUT2D eigenvalue weighted by molar-refractivity contribution is -0.137. The molecule has 1 aliphatic rings. The first-order chi connectivity index (χ1) is 10.8. The minimum absolute atomic E-state index is 0.0833. The first-order valence-electron chi connectivity index (χ1n) is 6.86. The van der Waals surface area contributed by atoms with Gasteiger partial charge in [0.05, 0.1) is 22.5 Å². The molecule has 0 radical (unpaired) electrons. The van der Waals surface area contributed by atoms with Crippen molar-refractivity contribution in [2.45, 2.75) is 22.9 Å². The van der Waals surface area contributed by atoms with E-state index in [1.165, 1.54) is 23.9 Å². The molecule has 0 fully saturated rings. The number of hydrogen-bond donors (Lipinski definition) is 1. The maximum absolute atomic E-state index is 13.0. The Morgan fingerprint density at radius 1 is 1.22 bits per heavy atom. The molecule has 2 aromatic carbocycles. The molecule has 2 aromatic rings. The van der Waals surface area contributed by atoms with Crippen molar-refractivity contribution in [1.82, 2.24) is 0 Å². The van der Waals surface area contributed by atoms with Gasteiger partial charge in [0, 0.05) is 16.3 Å². The van der Waals surface area contributed by atoms with Gasteiger partial charge in [0.2, 0.25) is 0 Å². The quantitative estimate of drug-likeness (QED) is 0.833. The van der Waals surface area contributed by atoms with E-state index in [1.807, 2.05) is 0 Å². The smallest absolute Gasteiger partial charge is 0.416 e. The van der Waals surface area contributed by atoms with E-state index in [0.717, 1.165) is 17.0 Å². The Hall–Kier alpha value is -2.15. The van der Waals surface area contributed by atoms with Crippen LogP contribution >= 0.6 is 11.8 Å². The van der Waals surface area contributed by atoms with Crippen LogP contribution in [0, 0.1) is 0 Å². The van der Waals surface area contributed by atoms with Crippen molar-refractivity contribution in [1.29, 1.82) is 0 Å². The molecule has 1 heterocycles. The molecule has 120 valence electrons. The molecular formula is C16H12F3NO2S. The molecule has 7 heteroatoms. The molecule has 0 saturated heterocycles. The molecule has 0 aromatic heterocycles. The zero-order valence-electron chi connectivity index (χ0n) is 12.0. The highest BCUT2D eigenvalue weighted by Gasteiger charge is 2.34. The minimum atomic E-state index is -4.44. The number of benzene rings is 2. The van der Waals surface area contributed by atoms with Crippen LogP contribution < -0.4 is 4.90 Å². The van der Waals surface area contributed by atoms with Gasteiger partial charge in [-0.2, -0.15) is 13.2 Å². The van der Waals surface area contributed by atoms with E-state index < -0.39 is 17.7 Å². The van der Waals surface area contributed by atoms with Crippen LogP contribution in [0.15, 0.2) is 46.2 Å². The number of nitrogens with zero attached hydrogens (tertiary/aromatic N) is 1. The lowest BCUT2D eigenvalue weighted by Crippen LogP contribution is -2.23. The monoisotopic (exact) mass is 339 g/mol. The van der Waals surface area contributed by atoms with Crippen molar-refractivity contribution in [2.24, 2.45) is 0 Å². The van der Waals surface area contributed by atoms with Crippen molar-refractivity contribution in [3.63, 3.8) is 0 Å². The number of rotatable bonds is 2. The van der Waals surface area contributed by atoms with Crippen molar-refractivity contribution >= 4 is 29.1 Å². The summed E-state index contributed by atoms with van der Waals surface area (Å²) in [6, 6.07) is 8.43. The summed E-state index contributed by atoms with van der Waals surface area (Å²) in [4.78, 5) is 14.5. The Balaban J connectivity index is 2.21. The second-order valence-corrected chi connectivity index (χ2v) is 6.07. The average Bonchev–Trinajstić information content (AvgIpc) is 2.50. The fraction of sp³-hybridized carbons (Fsp3) is 0.188. The molecular weight excluding hydrogens is 327 g/mol. The number of carboxylic acid groups (broad SMARTS) is 1. The molecule has 0 atom stereocenters. The van der Waals surface area contributed by atoms with Crippen LogP contribution in [-0.4, -0.2) is 17.6 Å². The molecule has 0 saturated carbocycles. The van der Waals surface area contributed by atoms with E-state index in [9.17, 15) is 23.1 Å². The topological polar surface area (TPSA) is 40.5 Å². The molecule has 1 N–H and O–H groups in total. The van der Waals surface area contributed by atoms with Gasteiger partial charge in [-0.15, -0.1) is 0 Å². The summed E-state index contributed by atoms with van der Waals surface area (Å²) in [6.45, 7) is 2.15. The number of carboxylic acids is 1. The van der Waals surface area contributed by atoms with Gasteiger partial charge in [0.1, 0.15) is 0 Å². The Morgan fingerprint density at radius 2 is 1.96 bits per heavy atom. The zero-order valence-corrected chi connectivity index (χ0v) is 12.8. The number of para-hydroxylation sites is 1. The van der Waals surface area contributed by atoms with Gasteiger partial charge in [-0.25, -0.2) is 4.79 Å². The fourth-order valence-corrected chi connectivity index (χ4v) is 3.72. The zero-order chi connectivity index (χ0) is 16.8. The number of anilines is 2. The van der Waals surface area contributed by atoms with E-state index in [2.05, 4.69) is 0 Å². The summed E-state index contributed by atoms with van der Waals surface area (Å²) < 4.78 is 38.9. The Kier molecular flexibility index (Phi) is 3.75. The Morgan fingerprint density at radius 3 is 2.57 bits per heavy atom. The summed E-state index contributed by atoms with van der Waals surface area (Å²) in [5.41, 5.74) is 0.166. The second-order valence-electron chi connectivity index (χ2n) is 4.98. The van der Waals surface area contributed by atoms with Crippen LogP contribution in [0.25, 0.3) is 0 Å². The van der Waals surface area contributed by atoms with Crippen molar-refractivity contribution in [2.75, 3.05) is 11.4 Å². The van der Waals surface area contributed by atoms with E-state index in [1.54, 1.807) is 24.0 Å². The standard InChI is InChI=1S/C16H12F3NO2S/c1-2-20-11-8-9(16(17,18)19)6-7-12(11)23-13-5-3-4-10(14(13)20)15(21)22/h3-8H,2H2,1H3,(H,21,22). The number of aromatic carboxylic acids is 1. The van der Waals surface area contributed by atoms with E-state index in [0.29, 0.717) is 22.8 Å².